The minimum absolute atomic E-state index is 0.0695. The van der Waals surface area contributed by atoms with Gasteiger partial charge in [-0.15, -0.1) is 0 Å². The van der Waals surface area contributed by atoms with Crippen molar-refractivity contribution in [2.75, 3.05) is 7.05 Å². The molecule has 2 aliphatic rings. The van der Waals surface area contributed by atoms with Gasteiger partial charge in [0, 0.05) is 12.1 Å². The molecule has 0 aromatic heterocycles. The molecule has 0 aromatic carbocycles. The Labute approximate surface area is 100 Å². The first kappa shape index (κ1) is 12.4. The summed E-state index contributed by atoms with van der Waals surface area (Å²) in [5.41, 5.74) is 0.547. The van der Waals surface area contributed by atoms with Gasteiger partial charge in [0.15, 0.2) is 0 Å². The summed E-state index contributed by atoms with van der Waals surface area (Å²) in [5, 5.41) is 9.95. The number of aliphatic hydroxyl groups excluding tert-OH is 1. The summed E-state index contributed by atoms with van der Waals surface area (Å²) >= 11 is 0. The van der Waals surface area contributed by atoms with E-state index in [-0.39, 0.29) is 6.10 Å². The minimum atomic E-state index is -0.0695. The highest BCUT2D eigenvalue weighted by Crippen LogP contribution is 2.38. The van der Waals surface area contributed by atoms with Crippen LogP contribution in [-0.2, 0) is 0 Å². The minimum Gasteiger partial charge on any atom is -0.391 e. The third-order valence-corrected chi connectivity index (χ3v) is 4.85. The Morgan fingerprint density at radius 2 is 1.69 bits per heavy atom. The van der Waals surface area contributed by atoms with Crippen molar-refractivity contribution in [3.8, 4) is 0 Å². The van der Waals surface area contributed by atoms with Gasteiger partial charge in [0.05, 0.1) is 6.10 Å². The van der Waals surface area contributed by atoms with E-state index in [0.717, 1.165) is 6.42 Å². The second-order valence-corrected chi connectivity index (χ2v) is 6.63. The summed E-state index contributed by atoms with van der Waals surface area (Å²) in [4.78, 5) is 2.48. The lowest BCUT2D eigenvalue weighted by Crippen LogP contribution is -2.46. The fourth-order valence-electron chi connectivity index (χ4n) is 3.46. The molecule has 2 unspecified atom stereocenters. The van der Waals surface area contributed by atoms with Crippen LogP contribution >= 0.6 is 0 Å². The molecule has 16 heavy (non-hydrogen) atoms. The van der Waals surface area contributed by atoms with E-state index in [1.807, 2.05) is 0 Å². The maximum absolute atomic E-state index is 9.95. The first-order valence-corrected chi connectivity index (χ1v) is 6.90. The highest BCUT2D eigenvalue weighted by atomic mass is 16.3. The summed E-state index contributed by atoms with van der Waals surface area (Å²) in [6, 6.07) is 1.15. The highest BCUT2D eigenvalue weighted by Gasteiger charge is 2.35. The molecular formula is C14H27NO. The zero-order chi connectivity index (χ0) is 11.8. The summed E-state index contributed by atoms with van der Waals surface area (Å²) in [6.45, 7) is 4.77. The van der Waals surface area contributed by atoms with Crippen LogP contribution in [0.15, 0.2) is 0 Å². The highest BCUT2D eigenvalue weighted by molar-refractivity contribution is 4.90. The van der Waals surface area contributed by atoms with E-state index in [2.05, 4.69) is 25.8 Å². The van der Waals surface area contributed by atoms with E-state index >= 15 is 0 Å². The molecule has 0 amide bonds. The van der Waals surface area contributed by atoms with Crippen LogP contribution in [0, 0.1) is 5.41 Å². The molecule has 0 heterocycles. The molecule has 0 radical (unpaired) electrons. The molecule has 0 spiro atoms. The summed E-state index contributed by atoms with van der Waals surface area (Å²) in [7, 11) is 2.22. The van der Waals surface area contributed by atoms with Crippen molar-refractivity contribution in [2.45, 2.75) is 77.0 Å². The van der Waals surface area contributed by atoms with Crippen molar-refractivity contribution >= 4 is 0 Å². The Kier molecular flexibility index (Phi) is 3.60. The quantitative estimate of drug-likeness (QED) is 0.781. The van der Waals surface area contributed by atoms with Crippen LogP contribution in [0.2, 0.25) is 0 Å². The molecule has 2 heteroatoms. The summed E-state index contributed by atoms with van der Waals surface area (Å²) in [6.07, 6.45) is 8.63. The molecule has 2 aliphatic carbocycles. The third kappa shape index (κ3) is 2.60. The standard InChI is InChI=1S/C14H27NO/c1-14(2)9-7-11(8-10-14)15(3)12-5-4-6-13(12)16/h11-13,16H,4-10H2,1-3H3. The van der Waals surface area contributed by atoms with Gasteiger partial charge in [-0.1, -0.05) is 13.8 Å². The fourth-order valence-corrected chi connectivity index (χ4v) is 3.46. The van der Waals surface area contributed by atoms with Crippen LogP contribution < -0.4 is 0 Å². The van der Waals surface area contributed by atoms with E-state index < -0.39 is 0 Å². The van der Waals surface area contributed by atoms with Crippen LogP contribution in [0.4, 0.5) is 0 Å². The zero-order valence-corrected chi connectivity index (χ0v) is 11.1. The van der Waals surface area contributed by atoms with Gasteiger partial charge in [-0.2, -0.15) is 0 Å². The average molecular weight is 225 g/mol. The van der Waals surface area contributed by atoms with Gasteiger partial charge < -0.3 is 5.11 Å². The van der Waals surface area contributed by atoms with E-state index in [9.17, 15) is 5.11 Å². The Morgan fingerprint density at radius 1 is 1.06 bits per heavy atom. The number of hydrogen-bond donors (Lipinski definition) is 1. The SMILES string of the molecule is CN(C1CCC(C)(C)CC1)C1CCCC1O. The van der Waals surface area contributed by atoms with Crippen LogP contribution in [0.5, 0.6) is 0 Å². The normalized spacial score (nSPS) is 35.8. The van der Waals surface area contributed by atoms with E-state index in [4.69, 9.17) is 0 Å². The molecule has 2 rings (SSSR count). The van der Waals surface area contributed by atoms with Crippen LogP contribution in [-0.4, -0.2) is 35.2 Å². The maximum Gasteiger partial charge on any atom is 0.0695 e. The molecule has 2 saturated carbocycles. The number of likely N-dealkylation sites (N-methyl/N-ethyl adjacent to an activating group) is 1. The van der Waals surface area contributed by atoms with E-state index in [1.165, 1.54) is 38.5 Å². The lowest BCUT2D eigenvalue weighted by Gasteiger charge is -2.41. The maximum atomic E-state index is 9.95. The summed E-state index contributed by atoms with van der Waals surface area (Å²) in [5.74, 6) is 0. The van der Waals surface area contributed by atoms with Gasteiger partial charge in [-0.25, -0.2) is 0 Å². The number of rotatable bonds is 2. The van der Waals surface area contributed by atoms with Gasteiger partial charge in [0.1, 0.15) is 0 Å². The molecule has 2 fully saturated rings. The lowest BCUT2D eigenvalue weighted by molar-refractivity contribution is 0.0357. The van der Waals surface area contributed by atoms with Crippen molar-refractivity contribution < 1.29 is 5.11 Å². The molecule has 94 valence electrons. The van der Waals surface area contributed by atoms with Crippen molar-refractivity contribution in [1.29, 1.82) is 0 Å². The van der Waals surface area contributed by atoms with Crippen molar-refractivity contribution in [3.05, 3.63) is 0 Å². The van der Waals surface area contributed by atoms with Crippen LogP contribution in [0.1, 0.15) is 58.8 Å². The predicted molar refractivity (Wildman–Crippen MR) is 67.4 cm³/mol. The third-order valence-electron chi connectivity index (χ3n) is 4.85. The topological polar surface area (TPSA) is 23.5 Å². The smallest absolute Gasteiger partial charge is 0.0695 e. The number of aliphatic hydroxyl groups is 1. The average Bonchev–Trinajstić information content (AvgIpc) is 2.63. The zero-order valence-electron chi connectivity index (χ0n) is 11.1. The molecule has 2 nitrogen and oxygen atoms in total. The monoisotopic (exact) mass is 225 g/mol. The van der Waals surface area contributed by atoms with E-state index in [1.54, 1.807) is 0 Å². The molecular weight excluding hydrogens is 198 g/mol. The first-order chi connectivity index (χ1) is 7.49. The van der Waals surface area contributed by atoms with Gasteiger partial charge >= 0.3 is 0 Å². The molecule has 0 saturated heterocycles. The lowest BCUT2D eigenvalue weighted by atomic mass is 9.75. The fraction of sp³-hybridized carbons (Fsp3) is 1.00. The van der Waals surface area contributed by atoms with Gasteiger partial charge in [0.25, 0.3) is 0 Å². The Balaban J connectivity index is 1.88. The second-order valence-electron chi connectivity index (χ2n) is 6.63. The number of nitrogens with zero attached hydrogens (tertiary/aromatic N) is 1. The Morgan fingerprint density at radius 3 is 2.19 bits per heavy atom. The number of hydrogen-bond acceptors (Lipinski definition) is 2. The van der Waals surface area contributed by atoms with Gasteiger partial charge in [-0.05, 0) is 57.4 Å². The first-order valence-electron chi connectivity index (χ1n) is 6.90. The van der Waals surface area contributed by atoms with Gasteiger partial charge in [-0.3, -0.25) is 4.90 Å². The van der Waals surface area contributed by atoms with Crippen molar-refractivity contribution in [1.82, 2.24) is 4.90 Å². The molecule has 1 N–H and O–H groups in total. The molecule has 0 aromatic rings. The summed E-state index contributed by atoms with van der Waals surface area (Å²) < 4.78 is 0. The van der Waals surface area contributed by atoms with Gasteiger partial charge in [0.2, 0.25) is 0 Å². The molecule has 0 aliphatic heterocycles. The molecule has 0 bridgehead atoms. The largest absolute Gasteiger partial charge is 0.391 e. The molecule has 2 atom stereocenters. The second kappa shape index (κ2) is 4.66. The Hall–Kier alpha value is -0.0800. The van der Waals surface area contributed by atoms with Crippen molar-refractivity contribution in [3.63, 3.8) is 0 Å². The van der Waals surface area contributed by atoms with Crippen LogP contribution in [0.25, 0.3) is 0 Å². The van der Waals surface area contributed by atoms with Crippen molar-refractivity contribution in [2.24, 2.45) is 5.41 Å². The predicted octanol–water partition coefficient (Wildman–Crippen LogP) is 2.80. The Bertz CT molecular complexity index is 229. The van der Waals surface area contributed by atoms with Crippen LogP contribution in [0.3, 0.4) is 0 Å². The van der Waals surface area contributed by atoms with E-state index in [0.29, 0.717) is 17.5 Å².